The van der Waals surface area contributed by atoms with Crippen molar-refractivity contribution in [1.29, 1.82) is 0 Å². The second-order valence-electron chi connectivity index (χ2n) is 4.75. The first-order valence-electron chi connectivity index (χ1n) is 6.26. The van der Waals surface area contributed by atoms with Gasteiger partial charge in [-0.05, 0) is 25.5 Å². The van der Waals surface area contributed by atoms with Crippen molar-refractivity contribution in [3.05, 3.63) is 35.9 Å². The molecule has 2 rings (SSSR count). The maximum atomic E-state index is 11.9. The summed E-state index contributed by atoms with van der Waals surface area (Å²) in [7, 11) is 2.00. The third kappa shape index (κ3) is 3.56. The summed E-state index contributed by atoms with van der Waals surface area (Å²) in [4.78, 5) is 16.0. The number of likely N-dealkylation sites (N-methyl/N-ethyl adjacent to an activating group) is 1. The van der Waals surface area contributed by atoms with E-state index >= 15 is 0 Å². The highest BCUT2D eigenvalue weighted by Crippen LogP contribution is 2.08. The van der Waals surface area contributed by atoms with Gasteiger partial charge in [-0.1, -0.05) is 30.3 Å². The smallest absolute Gasteiger partial charge is 0.236 e. The summed E-state index contributed by atoms with van der Waals surface area (Å²) in [5.41, 5.74) is 1.25. The zero-order valence-electron chi connectivity index (χ0n) is 10.4. The van der Waals surface area contributed by atoms with Crippen molar-refractivity contribution in [1.82, 2.24) is 9.80 Å². The Hall–Kier alpha value is -1.35. The lowest BCUT2D eigenvalue weighted by molar-refractivity contribution is -0.131. The Labute approximate surface area is 103 Å². The van der Waals surface area contributed by atoms with E-state index in [1.165, 1.54) is 5.56 Å². The van der Waals surface area contributed by atoms with Gasteiger partial charge in [-0.3, -0.25) is 9.69 Å². The van der Waals surface area contributed by atoms with E-state index in [2.05, 4.69) is 17.0 Å². The van der Waals surface area contributed by atoms with E-state index in [9.17, 15) is 4.79 Å². The Morgan fingerprint density at radius 2 is 1.88 bits per heavy atom. The Bertz CT molecular complexity index is 358. The van der Waals surface area contributed by atoms with Crippen molar-refractivity contribution < 1.29 is 4.79 Å². The minimum absolute atomic E-state index is 0.265. The van der Waals surface area contributed by atoms with Crippen LogP contribution in [-0.2, 0) is 11.3 Å². The van der Waals surface area contributed by atoms with Gasteiger partial charge in [0.2, 0.25) is 5.91 Å². The predicted octanol–water partition coefficient (Wildman–Crippen LogP) is 1.74. The third-order valence-corrected chi connectivity index (χ3v) is 3.16. The topological polar surface area (TPSA) is 23.6 Å². The molecule has 0 unspecified atom stereocenters. The monoisotopic (exact) mass is 232 g/mol. The van der Waals surface area contributed by atoms with Crippen LogP contribution in [0.2, 0.25) is 0 Å². The van der Waals surface area contributed by atoms with Crippen LogP contribution < -0.4 is 0 Å². The van der Waals surface area contributed by atoms with Crippen LogP contribution in [0, 0.1) is 0 Å². The van der Waals surface area contributed by atoms with Crippen LogP contribution in [0.5, 0.6) is 0 Å². The molecule has 1 aromatic rings. The molecule has 17 heavy (non-hydrogen) atoms. The van der Waals surface area contributed by atoms with Crippen LogP contribution in [0.4, 0.5) is 0 Å². The Balaban J connectivity index is 1.80. The van der Waals surface area contributed by atoms with Gasteiger partial charge in [-0.15, -0.1) is 0 Å². The van der Waals surface area contributed by atoms with Gasteiger partial charge in [-0.25, -0.2) is 0 Å². The van der Waals surface area contributed by atoms with Gasteiger partial charge in [0, 0.05) is 19.6 Å². The minimum Gasteiger partial charge on any atom is -0.342 e. The molecule has 0 saturated carbocycles. The quantitative estimate of drug-likeness (QED) is 0.789. The molecule has 1 aliphatic rings. The van der Waals surface area contributed by atoms with Crippen molar-refractivity contribution in [2.24, 2.45) is 0 Å². The molecule has 1 saturated heterocycles. The van der Waals surface area contributed by atoms with Crippen molar-refractivity contribution in [3.63, 3.8) is 0 Å². The second-order valence-corrected chi connectivity index (χ2v) is 4.75. The number of benzene rings is 1. The maximum Gasteiger partial charge on any atom is 0.236 e. The number of amides is 1. The lowest BCUT2D eigenvalue weighted by atomic mass is 10.2. The average molecular weight is 232 g/mol. The van der Waals surface area contributed by atoms with E-state index in [1.54, 1.807) is 0 Å². The molecule has 1 heterocycles. The zero-order valence-corrected chi connectivity index (χ0v) is 10.4. The summed E-state index contributed by atoms with van der Waals surface area (Å²) in [6, 6.07) is 10.3. The molecule has 0 radical (unpaired) electrons. The largest absolute Gasteiger partial charge is 0.342 e. The maximum absolute atomic E-state index is 11.9. The van der Waals surface area contributed by atoms with Gasteiger partial charge in [0.05, 0.1) is 6.54 Å². The highest BCUT2D eigenvalue weighted by atomic mass is 16.2. The third-order valence-electron chi connectivity index (χ3n) is 3.16. The SMILES string of the molecule is CN(CC(=O)N1CCCC1)Cc1ccccc1. The first-order valence-corrected chi connectivity index (χ1v) is 6.26. The molecule has 1 fully saturated rings. The van der Waals surface area contributed by atoms with Crippen molar-refractivity contribution in [2.75, 3.05) is 26.7 Å². The molecule has 0 aliphatic carbocycles. The summed E-state index contributed by atoms with van der Waals surface area (Å²) >= 11 is 0. The Morgan fingerprint density at radius 1 is 1.24 bits per heavy atom. The Morgan fingerprint density at radius 3 is 2.53 bits per heavy atom. The number of carbonyl (C=O) groups is 1. The van der Waals surface area contributed by atoms with Crippen molar-refractivity contribution in [2.45, 2.75) is 19.4 Å². The van der Waals surface area contributed by atoms with E-state index in [-0.39, 0.29) is 5.91 Å². The summed E-state index contributed by atoms with van der Waals surface area (Å²) in [5.74, 6) is 0.265. The summed E-state index contributed by atoms with van der Waals surface area (Å²) < 4.78 is 0. The van der Waals surface area contributed by atoms with Crippen LogP contribution >= 0.6 is 0 Å². The molecule has 92 valence electrons. The number of likely N-dealkylation sites (tertiary alicyclic amines) is 1. The van der Waals surface area contributed by atoms with E-state index in [4.69, 9.17) is 0 Å². The van der Waals surface area contributed by atoms with Gasteiger partial charge < -0.3 is 4.90 Å². The fourth-order valence-electron chi connectivity index (χ4n) is 2.25. The fourth-order valence-corrected chi connectivity index (χ4v) is 2.25. The zero-order chi connectivity index (χ0) is 12.1. The summed E-state index contributed by atoms with van der Waals surface area (Å²) in [6.45, 7) is 3.24. The molecule has 1 amide bonds. The molecule has 0 aromatic heterocycles. The molecule has 0 atom stereocenters. The van der Waals surface area contributed by atoms with Gasteiger partial charge in [0.25, 0.3) is 0 Å². The van der Waals surface area contributed by atoms with Gasteiger partial charge in [0.15, 0.2) is 0 Å². The molecule has 3 heteroatoms. The van der Waals surface area contributed by atoms with E-state index in [0.29, 0.717) is 6.54 Å². The first kappa shape index (κ1) is 12.1. The van der Waals surface area contributed by atoms with Crippen LogP contribution in [0.25, 0.3) is 0 Å². The van der Waals surface area contributed by atoms with Gasteiger partial charge in [-0.2, -0.15) is 0 Å². The second kappa shape index (κ2) is 5.82. The number of rotatable bonds is 4. The fraction of sp³-hybridized carbons (Fsp3) is 0.500. The normalized spacial score (nSPS) is 15.5. The molecular weight excluding hydrogens is 212 g/mol. The number of hydrogen-bond donors (Lipinski definition) is 0. The predicted molar refractivity (Wildman–Crippen MR) is 68.6 cm³/mol. The summed E-state index contributed by atoms with van der Waals surface area (Å²) in [5, 5.41) is 0. The van der Waals surface area contributed by atoms with E-state index < -0.39 is 0 Å². The molecule has 1 aromatic carbocycles. The van der Waals surface area contributed by atoms with E-state index in [1.807, 2.05) is 30.1 Å². The molecule has 1 aliphatic heterocycles. The molecular formula is C14H20N2O. The molecule has 0 N–H and O–H groups in total. The summed E-state index contributed by atoms with van der Waals surface area (Å²) in [6.07, 6.45) is 2.32. The molecule has 0 bridgehead atoms. The minimum atomic E-state index is 0.265. The number of hydrogen-bond acceptors (Lipinski definition) is 2. The molecule has 0 spiro atoms. The van der Waals surface area contributed by atoms with Crippen molar-refractivity contribution >= 4 is 5.91 Å². The van der Waals surface area contributed by atoms with Crippen LogP contribution in [0.15, 0.2) is 30.3 Å². The van der Waals surface area contributed by atoms with Gasteiger partial charge >= 0.3 is 0 Å². The number of nitrogens with zero attached hydrogens (tertiary/aromatic N) is 2. The first-order chi connectivity index (χ1) is 8.25. The molecule has 3 nitrogen and oxygen atoms in total. The lowest BCUT2D eigenvalue weighted by Crippen LogP contribution is -2.36. The Kier molecular flexibility index (Phi) is 4.15. The number of carbonyl (C=O) groups excluding carboxylic acids is 1. The van der Waals surface area contributed by atoms with Crippen molar-refractivity contribution in [3.8, 4) is 0 Å². The van der Waals surface area contributed by atoms with Crippen LogP contribution in [0.1, 0.15) is 18.4 Å². The lowest BCUT2D eigenvalue weighted by Gasteiger charge is -2.21. The average Bonchev–Trinajstić information content (AvgIpc) is 2.83. The highest BCUT2D eigenvalue weighted by Gasteiger charge is 2.18. The van der Waals surface area contributed by atoms with Crippen LogP contribution in [0.3, 0.4) is 0 Å². The standard InChI is InChI=1S/C14H20N2O/c1-15(11-13-7-3-2-4-8-13)12-14(17)16-9-5-6-10-16/h2-4,7-8H,5-6,9-12H2,1H3. The van der Waals surface area contributed by atoms with Crippen LogP contribution in [-0.4, -0.2) is 42.4 Å². The van der Waals surface area contributed by atoms with E-state index in [0.717, 1.165) is 32.5 Å². The van der Waals surface area contributed by atoms with Gasteiger partial charge in [0.1, 0.15) is 0 Å². The highest BCUT2D eigenvalue weighted by molar-refractivity contribution is 5.78.